The van der Waals surface area contributed by atoms with Gasteiger partial charge in [-0.15, -0.1) is 0 Å². The molecule has 38 heavy (non-hydrogen) atoms. The van der Waals surface area contributed by atoms with Gasteiger partial charge in [-0.25, -0.2) is 14.0 Å². The molecule has 0 atom stereocenters. The highest BCUT2D eigenvalue weighted by Crippen LogP contribution is 2.42. The summed E-state index contributed by atoms with van der Waals surface area (Å²) in [6.45, 7) is 3.23. The van der Waals surface area contributed by atoms with Gasteiger partial charge in [-0.2, -0.15) is 23.0 Å². The molecule has 1 spiro atoms. The summed E-state index contributed by atoms with van der Waals surface area (Å²) < 4.78 is 55.6. The van der Waals surface area contributed by atoms with Gasteiger partial charge in [0.05, 0.1) is 0 Å². The number of hydrogen-bond donors (Lipinski definition) is 1. The number of amides is 1. The van der Waals surface area contributed by atoms with Crippen LogP contribution >= 0.6 is 0 Å². The fraction of sp³-hybridized carbons (Fsp3) is 0.654. The van der Waals surface area contributed by atoms with Gasteiger partial charge in [0.15, 0.2) is 5.69 Å². The number of rotatable bonds is 4. The van der Waals surface area contributed by atoms with E-state index in [1.54, 1.807) is 4.90 Å². The molecule has 3 aliphatic heterocycles. The van der Waals surface area contributed by atoms with Crippen molar-refractivity contribution >= 4 is 12.0 Å². The summed E-state index contributed by atoms with van der Waals surface area (Å²) in [5, 5.41) is 12.9. The molecule has 12 heteroatoms. The first-order chi connectivity index (χ1) is 18.1. The van der Waals surface area contributed by atoms with Gasteiger partial charge in [-0.3, -0.25) is 4.90 Å². The number of nitrogens with zero attached hydrogens (tertiary/aromatic N) is 5. The molecule has 1 aliphatic carbocycles. The van der Waals surface area contributed by atoms with Crippen LogP contribution in [0.4, 0.5) is 22.4 Å². The van der Waals surface area contributed by atoms with Gasteiger partial charge in [-0.05, 0) is 75.6 Å². The van der Waals surface area contributed by atoms with Crippen LogP contribution < -0.4 is 0 Å². The van der Waals surface area contributed by atoms with Gasteiger partial charge in [0.1, 0.15) is 6.17 Å². The van der Waals surface area contributed by atoms with Gasteiger partial charge >= 0.3 is 18.2 Å². The summed E-state index contributed by atoms with van der Waals surface area (Å²) in [5.74, 6) is -1.20. The topological polar surface area (TPSA) is 81.9 Å². The lowest BCUT2D eigenvalue weighted by Crippen LogP contribution is -2.54. The van der Waals surface area contributed by atoms with E-state index in [-0.39, 0.29) is 23.7 Å². The van der Waals surface area contributed by atoms with Crippen molar-refractivity contribution < 1.29 is 32.3 Å². The van der Waals surface area contributed by atoms with Crippen molar-refractivity contribution in [3.8, 4) is 0 Å². The molecule has 3 fully saturated rings. The number of aromatic nitrogens is 2. The fourth-order valence-electron chi connectivity index (χ4n) is 6.38. The minimum absolute atomic E-state index is 0.0484. The van der Waals surface area contributed by atoms with Crippen molar-refractivity contribution in [2.75, 3.05) is 39.3 Å². The van der Waals surface area contributed by atoms with E-state index in [1.807, 2.05) is 4.90 Å². The van der Waals surface area contributed by atoms with E-state index in [4.69, 9.17) is 5.11 Å². The third-order valence-electron chi connectivity index (χ3n) is 8.59. The van der Waals surface area contributed by atoms with Crippen molar-refractivity contribution in [2.24, 2.45) is 0 Å². The monoisotopic (exact) mass is 539 g/mol. The molecule has 4 aliphatic rings. The lowest BCUT2D eigenvalue weighted by molar-refractivity contribution is -0.0944. The van der Waals surface area contributed by atoms with Crippen LogP contribution in [0, 0.1) is 0 Å². The minimum atomic E-state index is -4.37. The summed E-state index contributed by atoms with van der Waals surface area (Å²) in [5.41, 5.74) is 0.742. The maximum absolute atomic E-state index is 13.8. The lowest BCUT2D eigenvalue weighted by atomic mass is 9.84. The number of carboxylic acid groups (broad SMARTS) is 1. The third kappa shape index (κ3) is 5.32. The number of aromatic carboxylic acids is 1. The van der Waals surface area contributed by atoms with E-state index in [0.717, 1.165) is 42.5 Å². The first-order valence-electron chi connectivity index (χ1n) is 13.3. The summed E-state index contributed by atoms with van der Waals surface area (Å²) in [6.07, 6.45) is 1.69. The molecule has 0 unspecified atom stereocenters. The number of alkyl halides is 4. The molecule has 1 aromatic rings. The van der Waals surface area contributed by atoms with E-state index < -0.39 is 23.9 Å². The summed E-state index contributed by atoms with van der Waals surface area (Å²) in [4.78, 5) is 30.0. The molecule has 0 bridgehead atoms. The van der Waals surface area contributed by atoms with Crippen molar-refractivity contribution in [1.82, 2.24) is 24.5 Å². The molecule has 0 aromatic carbocycles. The second-order valence-corrected chi connectivity index (χ2v) is 10.8. The zero-order chi connectivity index (χ0) is 27.1. The van der Waals surface area contributed by atoms with Crippen LogP contribution in [0.1, 0.15) is 61.9 Å². The van der Waals surface area contributed by atoms with E-state index in [1.165, 1.54) is 18.3 Å². The predicted octanol–water partition coefficient (Wildman–Crippen LogP) is 4.45. The van der Waals surface area contributed by atoms with Crippen LogP contribution in [0.5, 0.6) is 0 Å². The van der Waals surface area contributed by atoms with Crippen LogP contribution in [-0.2, 0) is 0 Å². The average Bonchev–Trinajstić information content (AvgIpc) is 3.53. The van der Waals surface area contributed by atoms with Gasteiger partial charge < -0.3 is 14.9 Å². The zero-order valence-electron chi connectivity index (χ0n) is 21.2. The highest BCUT2D eigenvalue weighted by atomic mass is 19.4. The Morgan fingerprint density at radius 1 is 1.05 bits per heavy atom. The molecule has 4 heterocycles. The smallest absolute Gasteiger partial charge is 0.412 e. The molecule has 1 aromatic heterocycles. The molecular formula is C26H33F4N5O3. The summed E-state index contributed by atoms with van der Waals surface area (Å²) in [7, 11) is 0. The SMILES string of the molecule is O=C(O)c1ccn(C(=O)N2CCC3(CCCN3CC3=C(N4CCC(F)CC4)C=C(C(F)(F)F)CC3)CC2)n1. The Kier molecular flexibility index (Phi) is 7.27. The molecule has 1 N–H and O–H groups in total. The lowest BCUT2D eigenvalue weighted by Gasteiger charge is -2.46. The third-order valence-corrected chi connectivity index (χ3v) is 8.59. The van der Waals surface area contributed by atoms with E-state index in [9.17, 15) is 27.2 Å². The summed E-state index contributed by atoms with van der Waals surface area (Å²) >= 11 is 0. The molecule has 0 radical (unpaired) electrons. The first-order valence-corrected chi connectivity index (χ1v) is 13.3. The Bertz CT molecular complexity index is 1130. The van der Waals surface area contributed by atoms with Gasteiger partial charge in [-0.1, -0.05) is 0 Å². The summed E-state index contributed by atoms with van der Waals surface area (Å²) in [6, 6.07) is 0.921. The molecule has 208 valence electrons. The van der Waals surface area contributed by atoms with Crippen molar-refractivity contribution in [2.45, 2.75) is 69.3 Å². The van der Waals surface area contributed by atoms with Gasteiger partial charge in [0.25, 0.3) is 0 Å². The number of likely N-dealkylation sites (tertiary alicyclic amines) is 3. The molecule has 0 saturated carbocycles. The first kappa shape index (κ1) is 26.7. The number of allylic oxidation sites excluding steroid dienone is 2. The standard InChI is InChI=1S/C26H33F4N5O3/c27-20-4-11-32(12-5-20)22-16-19(26(28,29)30)3-2-18(22)17-34-10-1-7-25(34)8-14-33(15-9-25)24(38)35-13-6-21(31-35)23(36)37/h6,13,16,20H,1-5,7-12,14-15,17H2,(H,36,37). The normalized spacial score (nSPS) is 23.3. The minimum Gasteiger partial charge on any atom is -0.476 e. The van der Waals surface area contributed by atoms with E-state index in [0.29, 0.717) is 57.7 Å². The largest absolute Gasteiger partial charge is 0.476 e. The zero-order valence-corrected chi connectivity index (χ0v) is 21.2. The highest BCUT2D eigenvalue weighted by molar-refractivity contribution is 5.86. The molecule has 5 rings (SSSR count). The maximum atomic E-state index is 13.8. The molecule has 1 amide bonds. The Labute approximate surface area is 218 Å². The number of carbonyl (C=O) groups is 2. The number of halogens is 4. The van der Waals surface area contributed by atoms with E-state index >= 15 is 0 Å². The number of hydrogen-bond acceptors (Lipinski definition) is 5. The van der Waals surface area contributed by atoms with Crippen LogP contribution in [0.2, 0.25) is 0 Å². The van der Waals surface area contributed by atoms with Crippen molar-refractivity contribution in [3.05, 3.63) is 40.9 Å². The van der Waals surface area contributed by atoms with E-state index in [2.05, 4.69) is 10.00 Å². The van der Waals surface area contributed by atoms with Gasteiger partial charge in [0.2, 0.25) is 0 Å². The maximum Gasteiger partial charge on any atom is 0.412 e. The second-order valence-electron chi connectivity index (χ2n) is 10.8. The second kappa shape index (κ2) is 10.3. The van der Waals surface area contributed by atoms with Gasteiger partial charge in [0, 0.05) is 55.7 Å². The Hall–Kier alpha value is -2.89. The number of carboxylic acids is 1. The Morgan fingerprint density at radius 3 is 2.39 bits per heavy atom. The van der Waals surface area contributed by atoms with Crippen LogP contribution in [0.3, 0.4) is 0 Å². The highest BCUT2D eigenvalue weighted by Gasteiger charge is 2.45. The van der Waals surface area contributed by atoms with Crippen molar-refractivity contribution in [1.29, 1.82) is 0 Å². The molecule has 3 saturated heterocycles. The predicted molar refractivity (Wildman–Crippen MR) is 130 cm³/mol. The van der Waals surface area contributed by atoms with Crippen LogP contribution in [0.15, 0.2) is 35.2 Å². The average molecular weight is 540 g/mol. The van der Waals surface area contributed by atoms with Crippen LogP contribution in [-0.4, -0.2) is 98.7 Å². The Balaban J connectivity index is 1.31. The number of piperidine rings is 2. The number of carbonyl (C=O) groups excluding carboxylic acids is 1. The molecule has 8 nitrogen and oxygen atoms in total. The Morgan fingerprint density at radius 2 is 1.76 bits per heavy atom. The molecular weight excluding hydrogens is 506 g/mol. The van der Waals surface area contributed by atoms with Crippen LogP contribution in [0.25, 0.3) is 0 Å². The van der Waals surface area contributed by atoms with Crippen molar-refractivity contribution in [3.63, 3.8) is 0 Å². The quantitative estimate of drug-likeness (QED) is 0.570. The fourth-order valence-corrected chi connectivity index (χ4v) is 6.38.